The van der Waals surface area contributed by atoms with Crippen LogP contribution in [-0.2, 0) is 11.3 Å². The molecule has 1 saturated heterocycles. The third-order valence-electron chi connectivity index (χ3n) is 5.72. The molecule has 0 saturated carbocycles. The molecule has 2 N–H and O–H groups in total. The molecule has 4 rings (SSSR count). The molecule has 6 heteroatoms. The molecule has 32 heavy (non-hydrogen) atoms. The van der Waals surface area contributed by atoms with E-state index in [1.54, 1.807) is 6.20 Å². The van der Waals surface area contributed by atoms with Crippen LogP contribution in [0.25, 0.3) is 0 Å². The van der Waals surface area contributed by atoms with Crippen molar-refractivity contribution in [1.29, 1.82) is 0 Å². The molecule has 0 bridgehead atoms. The van der Waals surface area contributed by atoms with E-state index in [1.165, 1.54) is 11.1 Å². The SMILES string of the molecule is O=C(NCCC(c1ccccc1)c1ccccc1)NCc1ccnc(N2CCOCC2)c1. The number of urea groups is 1. The number of ether oxygens (including phenoxy) is 1. The molecule has 0 unspecified atom stereocenters. The number of aromatic nitrogens is 1. The summed E-state index contributed by atoms with van der Waals surface area (Å²) in [6.45, 7) is 4.18. The number of rotatable bonds is 8. The van der Waals surface area contributed by atoms with Crippen molar-refractivity contribution in [3.8, 4) is 0 Å². The maximum Gasteiger partial charge on any atom is 0.315 e. The Kier molecular flexibility index (Phi) is 7.71. The van der Waals surface area contributed by atoms with Gasteiger partial charge in [0.05, 0.1) is 13.2 Å². The minimum absolute atomic E-state index is 0.158. The molecule has 1 aliphatic rings. The second kappa shape index (κ2) is 11.3. The van der Waals surface area contributed by atoms with Crippen LogP contribution >= 0.6 is 0 Å². The van der Waals surface area contributed by atoms with Gasteiger partial charge < -0.3 is 20.3 Å². The smallest absolute Gasteiger partial charge is 0.315 e. The van der Waals surface area contributed by atoms with Gasteiger partial charge in [-0.2, -0.15) is 0 Å². The van der Waals surface area contributed by atoms with Gasteiger partial charge in [-0.3, -0.25) is 0 Å². The van der Waals surface area contributed by atoms with Crippen LogP contribution in [0, 0.1) is 0 Å². The monoisotopic (exact) mass is 430 g/mol. The highest BCUT2D eigenvalue weighted by atomic mass is 16.5. The summed E-state index contributed by atoms with van der Waals surface area (Å²) in [6.07, 6.45) is 2.63. The summed E-state index contributed by atoms with van der Waals surface area (Å²) in [5.41, 5.74) is 3.55. The quantitative estimate of drug-likeness (QED) is 0.568. The van der Waals surface area contributed by atoms with E-state index in [1.807, 2.05) is 24.3 Å². The fraction of sp³-hybridized carbons (Fsp3) is 0.308. The van der Waals surface area contributed by atoms with Gasteiger partial charge in [-0.25, -0.2) is 9.78 Å². The molecule has 2 aromatic carbocycles. The predicted octanol–water partition coefficient (Wildman–Crippen LogP) is 3.94. The van der Waals surface area contributed by atoms with E-state index in [4.69, 9.17) is 4.74 Å². The summed E-state index contributed by atoms with van der Waals surface area (Å²) in [4.78, 5) is 19.1. The number of nitrogens with zero attached hydrogens (tertiary/aromatic N) is 2. The van der Waals surface area contributed by atoms with E-state index in [-0.39, 0.29) is 11.9 Å². The van der Waals surface area contributed by atoms with Gasteiger partial charge in [-0.15, -0.1) is 0 Å². The van der Waals surface area contributed by atoms with Gasteiger partial charge in [0, 0.05) is 38.3 Å². The van der Waals surface area contributed by atoms with Crippen molar-refractivity contribution < 1.29 is 9.53 Å². The lowest BCUT2D eigenvalue weighted by Gasteiger charge is -2.28. The number of morpholine rings is 1. The number of benzene rings is 2. The van der Waals surface area contributed by atoms with Crippen molar-refractivity contribution in [3.05, 3.63) is 95.7 Å². The minimum Gasteiger partial charge on any atom is -0.378 e. The average molecular weight is 431 g/mol. The van der Waals surface area contributed by atoms with Gasteiger partial charge in [0.15, 0.2) is 0 Å². The fourth-order valence-electron chi connectivity index (χ4n) is 4.01. The number of carbonyl (C=O) groups is 1. The molecule has 1 aliphatic heterocycles. The Labute approximate surface area is 189 Å². The van der Waals surface area contributed by atoms with Crippen LogP contribution in [0.1, 0.15) is 29.0 Å². The summed E-state index contributed by atoms with van der Waals surface area (Å²) in [5.74, 6) is 1.18. The van der Waals surface area contributed by atoms with E-state index in [9.17, 15) is 4.79 Å². The maximum absolute atomic E-state index is 12.4. The van der Waals surface area contributed by atoms with Crippen molar-refractivity contribution >= 4 is 11.8 Å². The van der Waals surface area contributed by atoms with Gasteiger partial charge in [0.25, 0.3) is 0 Å². The van der Waals surface area contributed by atoms with Gasteiger partial charge in [-0.05, 0) is 35.2 Å². The first-order valence-corrected chi connectivity index (χ1v) is 11.2. The van der Waals surface area contributed by atoms with Gasteiger partial charge in [-0.1, -0.05) is 60.7 Å². The molecule has 2 amide bonds. The summed E-state index contributed by atoms with van der Waals surface area (Å²) in [6, 6.07) is 24.7. The Balaban J connectivity index is 1.28. The van der Waals surface area contributed by atoms with Crippen LogP contribution < -0.4 is 15.5 Å². The molecule has 2 heterocycles. The Morgan fingerprint density at radius 2 is 1.59 bits per heavy atom. The molecule has 3 aromatic rings. The molecule has 6 nitrogen and oxygen atoms in total. The standard InChI is InChI=1S/C26H30N4O2/c31-26(29-20-21-11-13-27-25(19-21)30-15-17-32-18-16-30)28-14-12-24(22-7-3-1-4-8-22)23-9-5-2-6-10-23/h1-11,13,19,24H,12,14-18,20H2,(H2,28,29,31). The number of hydrogen-bond donors (Lipinski definition) is 2. The predicted molar refractivity (Wildman–Crippen MR) is 127 cm³/mol. The molecule has 0 atom stereocenters. The van der Waals surface area contributed by atoms with Crippen LogP contribution in [0.4, 0.5) is 10.6 Å². The average Bonchev–Trinajstić information content (AvgIpc) is 2.87. The van der Waals surface area contributed by atoms with E-state index in [0.717, 1.165) is 44.1 Å². The lowest BCUT2D eigenvalue weighted by Crippen LogP contribution is -2.37. The third-order valence-corrected chi connectivity index (χ3v) is 5.72. The van der Waals surface area contributed by atoms with Crippen LogP contribution in [0.5, 0.6) is 0 Å². The van der Waals surface area contributed by atoms with Crippen LogP contribution in [0.2, 0.25) is 0 Å². The third kappa shape index (κ3) is 6.08. The maximum atomic E-state index is 12.4. The number of pyridine rings is 1. The van der Waals surface area contributed by atoms with Gasteiger partial charge in [0.1, 0.15) is 5.82 Å². The highest BCUT2D eigenvalue weighted by Gasteiger charge is 2.15. The largest absolute Gasteiger partial charge is 0.378 e. The van der Waals surface area contributed by atoms with Crippen LogP contribution in [-0.4, -0.2) is 43.9 Å². The van der Waals surface area contributed by atoms with E-state index in [2.05, 4.69) is 69.0 Å². The number of hydrogen-bond acceptors (Lipinski definition) is 4. The zero-order valence-corrected chi connectivity index (χ0v) is 18.2. The lowest BCUT2D eigenvalue weighted by atomic mass is 9.88. The van der Waals surface area contributed by atoms with Crippen molar-refractivity contribution in [2.24, 2.45) is 0 Å². The fourth-order valence-corrected chi connectivity index (χ4v) is 4.01. The first kappa shape index (κ1) is 21.8. The summed E-state index contributed by atoms with van der Waals surface area (Å²) in [5, 5.41) is 5.97. The zero-order chi connectivity index (χ0) is 22.0. The molecule has 1 fully saturated rings. The topological polar surface area (TPSA) is 66.5 Å². The molecule has 166 valence electrons. The number of carbonyl (C=O) groups excluding carboxylic acids is 1. The van der Waals surface area contributed by atoms with Crippen molar-refractivity contribution in [2.75, 3.05) is 37.7 Å². The highest BCUT2D eigenvalue weighted by Crippen LogP contribution is 2.27. The summed E-state index contributed by atoms with van der Waals surface area (Å²) >= 11 is 0. The Bertz CT molecular complexity index is 936. The van der Waals surface area contributed by atoms with Crippen molar-refractivity contribution in [2.45, 2.75) is 18.9 Å². The molecule has 0 spiro atoms. The second-order valence-electron chi connectivity index (χ2n) is 7.89. The number of amides is 2. The minimum atomic E-state index is -0.158. The molecular formula is C26H30N4O2. The highest BCUT2D eigenvalue weighted by molar-refractivity contribution is 5.73. The molecule has 1 aromatic heterocycles. The number of anilines is 1. The first-order valence-electron chi connectivity index (χ1n) is 11.2. The molecule has 0 aliphatic carbocycles. The molecular weight excluding hydrogens is 400 g/mol. The van der Waals surface area contributed by atoms with Crippen molar-refractivity contribution in [3.63, 3.8) is 0 Å². The normalized spacial score (nSPS) is 13.7. The first-order chi connectivity index (χ1) is 15.8. The van der Waals surface area contributed by atoms with Gasteiger partial charge >= 0.3 is 6.03 Å². The lowest BCUT2D eigenvalue weighted by molar-refractivity contribution is 0.122. The zero-order valence-electron chi connectivity index (χ0n) is 18.2. The Morgan fingerprint density at radius 1 is 0.938 bits per heavy atom. The Morgan fingerprint density at radius 3 is 2.25 bits per heavy atom. The van der Waals surface area contributed by atoms with Gasteiger partial charge in [0.2, 0.25) is 0 Å². The summed E-state index contributed by atoms with van der Waals surface area (Å²) < 4.78 is 5.41. The van der Waals surface area contributed by atoms with Crippen molar-refractivity contribution in [1.82, 2.24) is 15.6 Å². The molecule has 0 radical (unpaired) electrons. The van der Waals surface area contributed by atoms with E-state index < -0.39 is 0 Å². The van der Waals surface area contributed by atoms with Crippen LogP contribution in [0.3, 0.4) is 0 Å². The number of nitrogens with one attached hydrogen (secondary N) is 2. The van der Waals surface area contributed by atoms with E-state index >= 15 is 0 Å². The van der Waals surface area contributed by atoms with Crippen LogP contribution in [0.15, 0.2) is 79.0 Å². The van der Waals surface area contributed by atoms with E-state index in [0.29, 0.717) is 13.1 Å². The second-order valence-corrected chi connectivity index (χ2v) is 7.89. The summed E-state index contributed by atoms with van der Waals surface area (Å²) in [7, 11) is 0. The Hall–Kier alpha value is -3.38.